The molecule has 1 heterocycles. The van der Waals surface area contributed by atoms with Gasteiger partial charge in [-0.3, -0.25) is 0 Å². The van der Waals surface area contributed by atoms with Gasteiger partial charge in [0.05, 0.1) is 10.5 Å². The molecule has 1 aromatic heterocycles. The van der Waals surface area contributed by atoms with Crippen LogP contribution in [0.3, 0.4) is 0 Å². The molecule has 0 aliphatic carbocycles. The molecule has 98 valence electrons. The van der Waals surface area contributed by atoms with E-state index in [4.69, 9.17) is 17.3 Å². The molecule has 0 bridgehead atoms. The predicted octanol–water partition coefficient (Wildman–Crippen LogP) is 3.72. The van der Waals surface area contributed by atoms with E-state index in [1.54, 1.807) is 6.08 Å². The number of para-hydroxylation sites is 1. The molecule has 0 spiro atoms. The van der Waals surface area contributed by atoms with E-state index in [1.807, 2.05) is 49.4 Å². The zero-order chi connectivity index (χ0) is 13.7. The van der Waals surface area contributed by atoms with Gasteiger partial charge in [-0.05, 0) is 37.4 Å². The van der Waals surface area contributed by atoms with E-state index >= 15 is 0 Å². The summed E-state index contributed by atoms with van der Waals surface area (Å²) in [7, 11) is 0. The van der Waals surface area contributed by atoms with E-state index in [9.17, 15) is 0 Å². The fourth-order valence-electron chi connectivity index (χ4n) is 1.77. The Labute approximate surface area is 117 Å². The van der Waals surface area contributed by atoms with Crippen molar-refractivity contribution in [2.75, 3.05) is 5.32 Å². The van der Waals surface area contributed by atoms with Gasteiger partial charge in [-0.15, -0.1) is 0 Å². The zero-order valence-electron chi connectivity index (χ0n) is 10.7. The van der Waals surface area contributed by atoms with Crippen LogP contribution in [-0.4, -0.2) is 11.0 Å². The quantitative estimate of drug-likeness (QED) is 0.835. The van der Waals surface area contributed by atoms with E-state index in [-0.39, 0.29) is 6.04 Å². The fourth-order valence-corrected chi connectivity index (χ4v) is 1.99. The van der Waals surface area contributed by atoms with Crippen molar-refractivity contribution in [1.82, 2.24) is 4.98 Å². The number of benzene rings is 1. The smallest absolute Gasteiger partial charge is 0.127 e. The largest absolute Gasteiger partial charge is 0.405 e. The van der Waals surface area contributed by atoms with E-state index in [1.165, 1.54) is 6.20 Å². The van der Waals surface area contributed by atoms with Gasteiger partial charge in [0.1, 0.15) is 5.82 Å². The van der Waals surface area contributed by atoms with Crippen molar-refractivity contribution in [3.8, 4) is 0 Å². The Balaban J connectivity index is 2.19. The van der Waals surface area contributed by atoms with Gasteiger partial charge < -0.3 is 11.1 Å². The van der Waals surface area contributed by atoms with Crippen molar-refractivity contribution in [2.45, 2.75) is 13.0 Å². The van der Waals surface area contributed by atoms with Crippen molar-refractivity contribution < 1.29 is 0 Å². The maximum Gasteiger partial charge on any atom is 0.127 e. The average Bonchev–Trinajstić information content (AvgIpc) is 2.40. The number of hydrogen-bond acceptors (Lipinski definition) is 3. The lowest BCUT2D eigenvalue weighted by Crippen LogP contribution is -2.12. The van der Waals surface area contributed by atoms with Crippen LogP contribution in [-0.2, 0) is 0 Å². The van der Waals surface area contributed by atoms with Crippen molar-refractivity contribution >= 4 is 28.3 Å². The molecule has 19 heavy (non-hydrogen) atoms. The molecule has 0 radical (unpaired) electrons. The third kappa shape index (κ3) is 3.48. The number of pyridine rings is 1. The second kappa shape index (κ2) is 6.25. The molecule has 0 aliphatic heterocycles. The fraction of sp³-hybridized carbons (Fsp3) is 0.133. The second-order valence-corrected chi connectivity index (χ2v) is 4.62. The van der Waals surface area contributed by atoms with Gasteiger partial charge in [0.25, 0.3) is 0 Å². The maximum absolute atomic E-state index is 6.14. The molecule has 3 nitrogen and oxygen atoms in total. The summed E-state index contributed by atoms with van der Waals surface area (Å²) in [5.74, 6) is 0.800. The highest BCUT2D eigenvalue weighted by Crippen LogP contribution is 2.23. The monoisotopic (exact) mass is 273 g/mol. The number of anilines is 1. The van der Waals surface area contributed by atoms with Gasteiger partial charge in [-0.1, -0.05) is 35.9 Å². The van der Waals surface area contributed by atoms with Crippen LogP contribution in [0.2, 0.25) is 5.02 Å². The molecule has 0 amide bonds. The molecule has 2 aromatic rings. The van der Waals surface area contributed by atoms with Crippen LogP contribution in [0.5, 0.6) is 0 Å². The lowest BCUT2D eigenvalue weighted by Gasteiger charge is -2.11. The second-order valence-electron chi connectivity index (χ2n) is 4.21. The summed E-state index contributed by atoms with van der Waals surface area (Å²) < 4.78 is 0. The van der Waals surface area contributed by atoms with E-state index in [0.29, 0.717) is 5.02 Å². The first-order chi connectivity index (χ1) is 9.20. The zero-order valence-corrected chi connectivity index (χ0v) is 11.4. The van der Waals surface area contributed by atoms with E-state index in [2.05, 4.69) is 10.3 Å². The number of hydrogen-bond donors (Lipinski definition) is 2. The predicted molar refractivity (Wildman–Crippen MR) is 82.3 cm³/mol. The first kappa shape index (κ1) is 13.4. The number of nitrogens with zero attached hydrogens (tertiary/aromatic N) is 1. The first-order valence-electron chi connectivity index (χ1n) is 6.07. The van der Waals surface area contributed by atoms with Crippen LogP contribution in [0.1, 0.15) is 6.92 Å². The first-order valence-corrected chi connectivity index (χ1v) is 6.45. The van der Waals surface area contributed by atoms with Gasteiger partial charge in [-0.25, -0.2) is 4.98 Å². The standard InChI is InChI=1S/C15H16ClN3/c1-11(5-2-3-10-17)18-14-9-8-12-6-4-7-13(16)15(12)19-14/h2-11H,17H2,1H3,(H,18,19)/b5-2-,10-3-. The molecule has 0 saturated carbocycles. The molecule has 3 N–H and O–H groups in total. The summed E-state index contributed by atoms with van der Waals surface area (Å²) in [5, 5.41) is 4.99. The number of allylic oxidation sites excluding steroid dienone is 2. The number of nitrogens with two attached hydrogens (primary N) is 1. The highest BCUT2D eigenvalue weighted by Gasteiger charge is 2.03. The van der Waals surface area contributed by atoms with Gasteiger partial charge in [0, 0.05) is 11.4 Å². The Morgan fingerprint density at radius 2 is 2.11 bits per heavy atom. The number of halogens is 1. The number of nitrogens with one attached hydrogen (secondary N) is 1. The summed E-state index contributed by atoms with van der Waals surface area (Å²) in [6, 6.07) is 9.87. The van der Waals surface area contributed by atoms with Crippen molar-refractivity contribution in [3.05, 3.63) is 59.8 Å². The highest BCUT2D eigenvalue weighted by atomic mass is 35.5. The summed E-state index contributed by atoms with van der Waals surface area (Å²) in [6.45, 7) is 2.04. The van der Waals surface area contributed by atoms with Crippen LogP contribution in [0, 0.1) is 0 Å². The third-order valence-electron chi connectivity index (χ3n) is 2.67. The Bertz CT molecular complexity index is 620. The topological polar surface area (TPSA) is 50.9 Å². The van der Waals surface area contributed by atoms with Crippen molar-refractivity contribution in [1.29, 1.82) is 0 Å². The van der Waals surface area contributed by atoms with Crippen LogP contribution in [0.25, 0.3) is 10.9 Å². The number of rotatable bonds is 4. The summed E-state index contributed by atoms with van der Waals surface area (Å²) in [4.78, 5) is 4.52. The molecule has 0 fully saturated rings. The van der Waals surface area contributed by atoms with Gasteiger partial charge in [0.15, 0.2) is 0 Å². The van der Waals surface area contributed by atoms with Gasteiger partial charge in [0.2, 0.25) is 0 Å². The normalized spacial score (nSPS) is 13.4. The highest BCUT2D eigenvalue weighted by molar-refractivity contribution is 6.35. The van der Waals surface area contributed by atoms with E-state index < -0.39 is 0 Å². The summed E-state index contributed by atoms with van der Waals surface area (Å²) >= 11 is 6.14. The molecule has 4 heteroatoms. The van der Waals surface area contributed by atoms with Crippen LogP contribution >= 0.6 is 11.6 Å². The Hall–Kier alpha value is -2.00. The molecule has 0 aliphatic rings. The van der Waals surface area contributed by atoms with Gasteiger partial charge in [-0.2, -0.15) is 0 Å². The lowest BCUT2D eigenvalue weighted by atomic mass is 10.2. The molecule has 0 saturated heterocycles. The minimum Gasteiger partial charge on any atom is -0.405 e. The van der Waals surface area contributed by atoms with Crippen molar-refractivity contribution in [2.24, 2.45) is 5.73 Å². The number of fused-ring (bicyclic) bond motifs is 1. The van der Waals surface area contributed by atoms with Gasteiger partial charge >= 0.3 is 0 Å². The number of aromatic nitrogens is 1. The lowest BCUT2D eigenvalue weighted by molar-refractivity contribution is 0.984. The molecular weight excluding hydrogens is 258 g/mol. The minimum absolute atomic E-state index is 0.156. The maximum atomic E-state index is 6.14. The van der Waals surface area contributed by atoms with Crippen LogP contribution < -0.4 is 11.1 Å². The summed E-state index contributed by atoms with van der Waals surface area (Å²) in [5.41, 5.74) is 6.08. The minimum atomic E-state index is 0.156. The van der Waals surface area contributed by atoms with Crippen LogP contribution in [0.4, 0.5) is 5.82 Å². The molecule has 2 rings (SSSR count). The Kier molecular flexibility index (Phi) is 4.42. The average molecular weight is 274 g/mol. The molecule has 1 aromatic carbocycles. The SMILES string of the molecule is CC(/C=C\C=C/N)Nc1ccc2cccc(Cl)c2n1. The third-order valence-corrected chi connectivity index (χ3v) is 2.97. The molecule has 1 unspecified atom stereocenters. The van der Waals surface area contributed by atoms with Crippen molar-refractivity contribution in [3.63, 3.8) is 0 Å². The summed E-state index contributed by atoms with van der Waals surface area (Å²) in [6.07, 6.45) is 7.17. The molecular formula is C15H16ClN3. The Morgan fingerprint density at radius 1 is 1.26 bits per heavy atom. The molecule has 1 atom stereocenters. The van der Waals surface area contributed by atoms with E-state index in [0.717, 1.165) is 16.7 Å². The van der Waals surface area contributed by atoms with Crippen LogP contribution in [0.15, 0.2) is 54.8 Å². The Morgan fingerprint density at radius 3 is 2.89 bits per heavy atom.